The van der Waals surface area contributed by atoms with E-state index in [0.29, 0.717) is 30.5 Å². The normalized spacial score (nSPS) is 16.1. The number of ether oxygens (including phenoxy) is 3. The maximum Gasteiger partial charge on any atom is 0.339 e. The highest BCUT2D eigenvalue weighted by atomic mass is 32.1. The molecule has 1 aromatic rings. The maximum absolute atomic E-state index is 12.1. The van der Waals surface area contributed by atoms with E-state index in [1.807, 2.05) is 4.90 Å². The molecule has 0 spiro atoms. The summed E-state index contributed by atoms with van der Waals surface area (Å²) in [7, 11) is 2.55. The lowest BCUT2D eigenvalue weighted by Crippen LogP contribution is -2.44. The second-order valence-corrected chi connectivity index (χ2v) is 6.60. The molecular weight excluding hydrogens is 384 g/mol. The molecule has 1 aliphatic rings. The topological polar surface area (TPSA) is 94.2 Å². The molecule has 1 heterocycles. The standard InChI is InChI=1S/C19H24N2O6S/c1-4-27-17(23)13-6-5-9-21(11-13)19(28)20-15-10-12(16(22)25-2)7-8-14(15)18(24)26-3/h7-8,10,13H,4-6,9,11H2,1-3H3,(H,20,28)/t13-/m1/s1. The van der Waals surface area contributed by atoms with Gasteiger partial charge < -0.3 is 24.4 Å². The van der Waals surface area contributed by atoms with Gasteiger partial charge in [0, 0.05) is 13.1 Å². The van der Waals surface area contributed by atoms with Crippen molar-refractivity contribution in [2.24, 2.45) is 5.92 Å². The number of benzene rings is 1. The molecular formula is C19H24N2O6S. The van der Waals surface area contributed by atoms with E-state index in [2.05, 4.69) is 5.32 Å². The first-order chi connectivity index (χ1) is 13.4. The zero-order valence-corrected chi connectivity index (χ0v) is 17.0. The SMILES string of the molecule is CCOC(=O)[C@@H]1CCCN(C(=S)Nc2cc(C(=O)OC)ccc2C(=O)OC)C1. The van der Waals surface area contributed by atoms with E-state index < -0.39 is 11.9 Å². The zero-order chi connectivity index (χ0) is 20.7. The highest BCUT2D eigenvalue weighted by Crippen LogP contribution is 2.23. The van der Waals surface area contributed by atoms with E-state index >= 15 is 0 Å². The van der Waals surface area contributed by atoms with Crippen LogP contribution in [0.4, 0.5) is 5.69 Å². The van der Waals surface area contributed by atoms with Crippen molar-refractivity contribution in [1.82, 2.24) is 4.90 Å². The van der Waals surface area contributed by atoms with Crippen LogP contribution in [0.3, 0.4) is 0 Å². The lowest BCUT2D eigenvalue weighted by Gasteiger charge is -2.33. The van der Waals surface area contributed by atoms with E-state index in [-0.39, 0.29) is 23.0 Å². The fourth-order valence-corrected chi connectivity index (χ4v) is 3.26. The Morgan fingerprint density at radius 3 is 2.57 bits per heavy atom. The number of carbonyl (C=O) groups is 3. The van der Waals surface area contributed by atoms with Crippen LogP contribution in [0, 0.1) is 5.92 Å². The number of hydrogen-bond donors (Lipinski definition) is 1. The van der Waals surface area contributed by atoms with Crippen molar-refractivity contribution >= 4 is 40.9 Å². The van der Waals surface area contributed by atoms with Crippen molar-refractivity contribution in [1.29, 1.82) is 0 Å². The van der Waals surface area contributed by atoms with Gasteiger partial charge in [0.25, 0.3) is 0 Å². The minimum absolute atomic E-state index is 0.233. The number of carbonyl (C=O) groups excluding carboxylic acids is 3. The molecule has 0 radical (unpaired) electrons. The number of likely N-dealkylation sites (tertiary alicyclic amines) is 1. The number of anilines is 1. The Hall–Kier alpha value is -2.68. The number of nitrogens with zero attached hydrogens (tertiary/aromatic N) is 1. The quantitative estimate of drug-likeness (QED) is 0.447. The summed E-state index contributed by atoms with van der Waals surface area (Å²) in [6.45, 7) is 3.20. The van der Waals surface area contributed by atoms with Gasteiger partial charge in [0.1, 0.15) is 0 Å². The second kappa shape index (κ2) is 10.0. The van der Waals surface area contributed by atoms with Crippen molar-refractivity contribution in [3.05, 3.63) is 29.3 Å². The van der Waals surface area contributed by atoms with Gasteiger partial charge in [-0.15, -0.1) is 0 Å². The van der Waals surface area contributed by atoms with Gasteiger partial charge in [-0.05, 0) is 50.2 Å². The molecule has 1 atom stereocenters. The zero-order valence-electron chi connectivity index (χ0n) is 16.1. The number of nitrogens with one attached hydrogen (secondary N) is 1. The third-order valence-corrected chi connectivity index (χ3v) is 4.78. The van der Waals surface area contributed by atoms with Crippen LogP contribution in [0.2, 0.25) is 0 Å². The summed E-state index contributed by atoms with van der Waals surface area (Å²) in [4.78, 5) is 37.8. The Morgan fingerprint density at radius 1 is 1.21 bits per heavy atom. The van der Waals surface area contributed by atoms with Crippen molar-refractivity contribution in [3.63, 3.8) is 0 Å². The molecule has 1 fully saturated rings. The first-order valence-electron chi connectivity index (χ1n) is 8.94. The molecule has 152 valence electrons. The Kier molecular flexibility index (Phi) is 7.74. The Labute approximate surface area is 169 Å². The molecule has 0 aromatic heterocycles. The first kappa shape index (κ1) is 21.6. The minimum atomic E-state index is -0.565. The van der Waals surface area contributed by atoms with Gasteiger partial charge in [0.2, 0.25) is 0 Å². The van der Waals surface area contributed by atoms with Gasteiger partial charge in [0.05, 0.1) is 43.6 Å². The van der Waals surface area contributed by atoms with Crippen LogP contribution in [-0.2, 0) is 19.0 Å². The third kappa shape index (κ3) is 5.19. The fourth-order valence-electron chi connectivity index (χ4n) is 2.99. The largest absolute Gasteiger partial charge is 0.466 e. The average molecular weight is 408 g/mol. The van der Waals surface area contributed by atoms with Gasteiger partial charge in [-0.3, -0.25) is 4.79 Å². The minimum Gasteiger partial charge on any atom is -0.466 e. The summed E-state index contributed by atoms with van der Waals surface area (Å²) in [5, 5.41) is 3.35. The van der Waals surface area contributed by atoms with Crippen LogP contribution in [0.15, 0.2) is 18.2 Å². The molecule has 0 saturated carbocycles. The molecule has 9 heteroatoms. The number of rotatable bonds is 5. The van der Waals surface area contributed by atoms with E-state index in [1.54, 1.807) is 6.92 Å². The lowest BCUT2D eigenvalue weighted by atomic mass is 9.98. The van der Waals surface area contributed by atoms with Gasteiger partial charge in [-0.2, -0.15) is 0 Å². The molecule has 8 nitrogen and oxygen atoms in total. The lowest BCUT2D eigenvalue weighted by molar-refractivity contribution is -0.149. The molecule has 0 unspecified atom stereocenters. The molecule has 1 aliphatic heterocycles. The molecule has 1 saturated heterocycles. The molecule has 1 aromatic carbocycles. The summed E-state index contributed by atoms with van der Waals surface area (Å²) in [5.41, 5.74) is 0.831. The maximum atomic E-state index is 12.1. The first-order valence-corrected chi connectivity index (χ1v) is 9.35. The van der Waals surface area contributed by atoms with Crippen molar-refractivity contribution in [2.75, 3.05) is 39.2 Å². The van der Waals surface area contributed by atoms with Gasteiger partial charge in [-0.1, -0.05) is 0 Å². The number of esters is 3. The van der Waals surface area contributed by atoms with Crippen molar-refractivity contribution < 1.29 is 28.6 Å². The fraction of sp³-hybridized carbons (Fsp3) is 0.474. The van der Waals surface area contributed by atoms with E-state index in [0.717, 1.165) is 12.8 Å². The van der Waals surface area contributed by atoms with E-state index in [9.17, 15) is 14.4 Å². The summed E-state index contributed by atoms with van der Waals surface area (Å²) < 4.78 is 14.6. The molecule has 28 heavy (non-hydrogen) atoms. The highest BCUT2D eigenvalue weighted by Gasteiger charge is 2.28. The van der Waals surface area contributed by atoms with Crippen molar-refractivity contribution in [2.45, 2.75) is 19.8 Å². The summed E-state index contributed by atoms with van der Waals surface area (Å²) in [5.74, 6) is -1.59. The van der Waals surface area contributed by atoms with E-state index in [4.69, 9.17) is 26.4 Å². The predicted octanol–water partition coefficient (Wildman–Crippen LogP) is 2.23. The van der Waals surface area contributed by atoms with Crippen LogP contribution in [0.1, 0.15) is 40.5 Å². The molecule has 0 bridgehead atoms. The summed E-state index contributed by atoms with van der Waals surface area (Å²) >= 11 is 5.47. The monoisotopic (exact) mass is 408 g/mol. The van der Waals surface area contributed by atoms with Crippen LogP contribution in [0.5, 0.6) is 0 Å². The number of methoxy groups -OCH3 is 2. The Balaban J connectivity index is 2.20. The predicted molar refractivity (Wildman–Crippen MR) is 106 cm³/mol. The molecule has 1 N–H and O–H groups in total. The molecule has 2 rings (SSSR count). The highest BCUT2D eigenvalue weighted by molar-refractivity contribution is 7.80. The van der Waals surface area contributed by atoms with Crippen molar-refractivity contribution in [3.8, 4) is 0 Å². The summed E-state index contributed by atoms with van der Waals surface area (Å²) in [6, 6.07) is 4.43. The van der Waals surface area contributed by atoms with Gasteiger partial charge in [0.15, 0.2) is 5.11 Å². The van der Waals surface area contributed by atoms with Gasteiger partial charge in [-0.25, -0.2) is 9.59 Å². The Morgan fingerprint density at radius 2 is 1.93 bits per heavy atom. The Bertz CT molecular complexity index is 767. The smallest absolute Gasteiger partial charge is 0.339 e. The van der Waals surface area contributed by atoms with Crippen LogP contribution in [-0.4, -0.2) is 61.8 Å². The summed E-state index contributed by atoms with van der Waals surface area (Å²) in [6.07, 6.45) is 1.53. The van der Waals surface area contributed by atoms with Crippen LogP contribution in [0.25, 0.3) is 0 Å². The van der Waals surface area contributed by atoms with Crippen LogP contribution >= 0.6 is 12.2 Å². The van der Waals surface area contributed by atoms with Crippen LogP contribution < -0.4 is 5.32 Å². The molecule has 0 aliphatic carbocycles. The van der Waals surface area contributed by atoms with E-state index in [1.165, 1.54) is 32.4 Å². The third-order valence-electron chi connectivity index (χ3n) is 4.42. The average Bonchev–Trinajstić information content (AvgIpc) is 2.72. The second-order valence-electron chi connectivity index (χ2n) is 6.21. The number of thiocarbonyl (C=S) groups is 1. The number of hydrogen-bond acceptors (Lipinski definition) is 7. The molecule has 0 amide bonds. The van der Waals surface area contributed by atoms with Gasteiger partial charge >= 0.3 is 17.9 Å². The number of piperidine rings is 1.